The molecule has 1 rings (SSSR count). The van der Waals surface area contributed by atoms with Gasteiger partial charge >= 0.3 is 0 Å². The smallest absolute Gasteiger partial charge is 0.254 e. The topological polar surface area (TPSA) is 83.0 Å². The van der Waals surface area contributed by atoms with Gasteiger partial charge in [0.1, 0.15) is 0 Å². The van der Waals surface area contributed by atoms with E-state index in [0.717, 1.165) is 0 Å². The molecule has 0 aliphatic rings. The third-order valence-electron chi connectivity index (χ3n) is 2.64. The number of hydrogen-bond donors (Lipinski definition) is 1. The number of carbonyl (C=O) groups excluding carboxylic acids is 1. The molecule has 0 unspecified atom stereocenters. The number of carbonyl (C=O) groups is 1. The summed E-state index contributed by atoms with van der Waals surface area (Å²) in [5.41, 5.74) is 6.79. The first-order valence-corrected chi connectivity index (χ1v) is 6.39. The number of nitrogens with two attached hydrogens (primary N) is 1. The maximum Gasteiger partial charge on any atom is 0.254 e. The van der Waals surface area contributed by atoms with Gasteiger partial charge in [-0.05, 0) is 18.1 Å². The Balaban J connectivity index is 2.87. The molecule has 0 bridgehead atoms. The van der Waals surface area contributed by atoms with Crippen LogP contribution in [0.25, 0.3) is 0 Å². The number of pyridine rings is 1. The zero-order chi connectivity index (χ0) is 14.3. The van der Waals surface area contributed by atoms with E-state index in [9.17, 15) is 4.79 Å². The van der Waals surface area contributed by atoms with Gasteiger partial charge in [0.15, 0.2) is 0 Å². The van der Waals surface area contributed by atoms with Gasteiger partial charge in [0, 0.05) is 31.4 Å². The monoisotopic (exact) mass is 260 g/mol. The van der Waals surface area contributed by atoms with Crippen molar-refractivity contribution in [1.82, 2.24) is 9.88 Å². The van der Waals surface area contributed by atoms with Crippen LogP contribution in [0, 0.1) is 17.2 Å². The molecule has 0 aromatic carbocycles. The molecule has 1 aromatic heterocycles. The highest BCUT2D eigenvalue weighted by Crippen LogP contribution is 2.09. The minimum Gasteiger partial charge on any atom is -0.337 e. The first-order chi connectivity index (χ1) is 9.08. The molecule has 1 heterocycles. The van der Waals surface area contributed by atoms with Crippen molar-refractivity contribution in [2.24, 2.45) is 11.7 Å². The second kappa shape index (κ2) is 7.49. The van der Waals surface area contributed by atoms with Gasteiger partial charge in [0.25, 0.3) is 5.91 Å². The highest BCUT2D eigenvalue weighted by Gasteiger charge is 2.17. The van der Waals surface area contributed by atoms with E-state index in [4.69, 9.17) is 11.0 Å². The van der Waals surface area contributed by atoms with Gasteiger partial charge < -0.3 is 10.6 Å². The second-order valence-electron chi connectivity index (χ2n) is 4.79. The van der Waals surface area contributed by atoms with E-state index in [-0.39, 0.29) is 5.91 Å². The summed E-state index contributed by atoms with van der Waals surface area (Å²) in [7, 11) is 0. The van der Waals surface area contributed by atoms with Gasteiger partial charge in [-0.1, -0.05) is 13.8 Å². The fourth-order valence-corrected chi connectivity index (χ4v) is 1.81. The lowest BCUT2D eigenvalue weighted by Crippen LogP contribution is -2.35. The molecule has 19 heavy (non-hydrogen) atoms. The highest BCUT2D eigenvalue weighted by atomic mass is 16.2. The van der Waals surface area contributed by atoms with Crippen LogP contribution in [0.2, 0.25) is 0 Å². The molecular formula is C14H20N4O. The maximum atomic E-state index is 12.4. The predicted molar refractivity (Wildman–Crippen MR) is 73.1 cm³/mol. The van der Waals surface area contributed by atoms with E-state index in [1.165, 1.54) is 0 Å². The van der Waals surface area contributed by atoms with Crippen molar-refractivity contribution < 1.29 is 4.79 Å². The first kappa shape index (κ1) is 15.1. The van der Waals surface area contributed by atoms with Crippen LogP contribution in [0.5, 0.6) is 0 Å². The normalized spacial score (nSPS) is 10.3. The Morgan fingerprint density at radius 2 is 2.32 bits per heavy atom. The minimum absolute atomic E-state index is 0.0685. The fraction of sp³-hybridized carbons (Fsp3) is 0.500. The molecule has 0 fully saturated rings. The first-order valence-electron chi connectivity index (χ1n) is 6.39. The SMILES string of the molecule is CC(C)CN(CCC#N)C(=O)c1ccnc(CN)c1. The van der Waals surface area contributed by atoms with Crippen LogP contribution in [0.3, 0.4) is 0 Å². The van der Waals surface area contributed by atoms with Gasteiger partial charge in [0.05, 0.1) is 18.2 Å². The molecule has 0 aliphatic heterocycles. The number of nitrogens with zero attached hydrogens (tertiary/aromatic N) is 3. The van der Waals surface area contributed by atoms with E-state index in [1.54, 1.807) is 23.2 Å². The summed E-state index contributed by atoms with van der Waals surface area (Å²) in [6.45, 7) is 5.49. The molecule has 1 amide bonds. The average molecular weight is 260 g/mol. The summed E-state index contributed by atoms with van der Waals surface area (Å²) in [5, 5.41) is 8.67. The van der Waals surface area contributed by atoms with Crippen molar-refractivity contribution in [3.63, 3.8) is 0 Å². The van der Waals surface area contributed by atoms with Crippen molar-refractivity contribution in [3.8, 4) is 6.07 Å². The van der Waals surface area contributed by atoms with E-state index in [0.29, 0.717) is 43.2 Å². The Kier molecular flexibility index (Phi) is 5.97. The summed E-state index contributed by atoms with van der Waals surface area (Å²) < 4.78 is 0. The Labute approximate surface area is 114 Å². The summed E-state index contributed by atoms with van der Waals surface area (Å²) >= 11 is 0. The lowest BCUT2D eigenvalue weighted by Gasteiger charge is -2.23. The molecule has 0 saturated heterocycles. The minimum atomic E-state index is -0.0685. The molecule has 0 aliphatic carbocycles. The Morgan fingerprint density at radius 3 is 2.89 bits per heavy atom. The van der Waals surface area contributed by atoms with Crippen LogP contribution >= 0.6 is 0 Å². The molecule has 0 spiro atoms. The average Bonchev–Trinajstić information content (AvgIpc) is 2.42. The molecule has 5 heteroatoms. The third kappa shape index (κ3) is 4.68. The quantitative estimate of drug-likeness (QED) is 0.841. The molecule has 2 N–H and O–H groups in total. The van der Waals surface area contributed by atoms with Crippen molar-refractivity contribution in [2.75, 3.05) is 13.1 Å². The van der Waals surface area contributed by atoms with Crippen LogP contribution < -0.4 is 5.73 Å². The zero-order valence-electron chi connectivity index (χ0n) is 11.5. The number of aromatic nitrogens is 1. The molecular weight excluding hydrogens is 240 g/mol. The van der Waals surface area contributed by atoms with E-state index in [2.05, 4.69) is 11.1 Å². The van der Waals surface area contributed by atoms with Gasteiger partial charge in [-0.15, -0.1) is 0 Å². The number of rotatable bonds is 6. The van der Waals surface area contributed by atoms with Crippen LogP contribution in [-0.2, 0) is 6.54 Å². The second-order valence-corrected chi connectivity index (χ2v) is 4.79. The number of nitriles is 1. The molecule has 5 nitrogen and oxygen atoms in total. The van der Waals surface area contributed by atoms with Gasteiger partial charge in [-0.3, -0.25) is 9.78 Å². The van der Waals surface area contributed by atoms with Gasteiger partial charge in [-0.25, -0.2) is 0 Å². The van der Waals surface area contributed by atoms with E-state index >= 15 is 0 Å². The number of amides is 1. The summed E-state index contributed by atoms with van der Waals surface area (Å²) in [4.78, 5) is 18.2. The van der Waals surface area contributed by atoms with Gasteiger partial charge in [0.2, 0.25) is 0 Å². The lowest BCUT2D eigenvalue weighted by molar-refractivity contribution is 0.0739. The predicted octanol–water partition coefficient (Wildman–Crippen LogP) is 1.55. The number of hydrogen-bond acceptors (Lipinski definition) is 4. The summed E-state index contributed by atoms with van der Waals surface area (Å²) in [5.74, 6) is 0.291. The Bertz CT molecular complexity index is 465. The maximum absolute atomic E-state index is 12.4. The van der Waals surface area contributed by atoms with Crippen LogP contribution in [0.1, 0.15) is 36.3 Å². The van der Waals surface area contributed by atoms with Gasteiger partial charge in [-0.2, -0.15) is 5.26 Å². The van der Waals surface area contributed by atoms with E-state index in [1.807, 2.05) is 13.8 Å². The Hall–Kier alpha value is -1.93. The molecule has 1 aromatic rings. The summed E-state index contributed by atoms with van der Waals surface area (Å²) in [6.07, 6.45) is 1.93. The van der Waals surface area contributed by atoms with Crippen molar-refractivity contribution in [1.29, 1.82) is 5.26 Å². The zero-order valence-corrected chi connectivity index (χ0v) is 11.5. The van der Waals surface area contributed by atoms with Crippen LogP contribution in [0.15, 0.2) is 18.3 Å². The van der Waals surface area contributed by atoms with Crippen molar-refractivity contribution >= 4 is 5.91 Å². The highest BCUT2D eigenvalue weighted by molar-refractivity contribution is 5.94. The Morgan fingerprint density at radius 1 is 1.58 bits per heavy atom. The third-order valence-corrected chi connectivity index (χ3v) is 2.64. The lowest BCUT2D eigenvalue weighted by atomic mass is 10.1. The van der Waals surface area contributed by atoms with Crippen LogP contribution in [0.4, 0.5) is 0 Å². The molecule has 0 atom stereocenters. The molecule has 0 saturated carbocycles. The fourth-order valence-electron chi connectivity index (χ4n) is 1.81. The molecule has 0 radical (unpaired) electrons. The largest absolute Gasteiger partial charge is 0.337 e. The van der Waals surface area contributed by atoms with Crippen molar-refractivity contribution in [2.45, 2.75) is 26.8 Å². The molecule has 102 valence electrons. The van der Waals surface area contributed by atoms with Crippen LogP contribution in [-0.4, -0.2) is 28.9 Å². The van der Waals surface area contributed by atoms with E-state index < -0.39 is 0 Å². The van der Waals surface area contributed by atoms with Crippen molar-refractivity contribution in [3.05, 3.63) is 29.6 Å². The summed E-state index contributed by atoms with van der Waals surface area (Å²) in [6, 6.07) is 5.47. The standard InChI is InChI=1S/C14H20N4O/c1-11(2)10-18(7-3-5-15)14(19)12-4-6-17-13(8-12)9-16/h4,6,8,11H,3,7,9-10,16H2,1-2H3.